The molecule has 0 atom stereocenters. The molecule has 8 nitrogen and oxygen atoms in total. The van der Waals surface area contributed by atoms with Crippen LogP contribution >= 0.6 is 0 Å². The Labute approximate surface area is 167 Å². The number of carbonyl (C=O) groups is 2. The summed E-state index contributed by atoms with van der Waals surface area (Å²) in [7, 11) is 1.54. The van der Waals surface area contributed by atoms with E-state index in [0.29, 0.717) is 23.0 Å². The maximum atomic E-state index is 12.5. The molecule has 0 unspecified atom stereocenters. The Morgan fingerprint density at radius 1 is 1.24 bits per heavy atom. The normalized spacial score (nSPS) is 14.4. The number of aromatic nitrogens is 2. The number of benzene rings is 1. The minimum Gasteiger partial charge on any atom is -0.450 e. The molecule has 1 saturated carbocycles. The fraction of sp³-hybridized carbons (Fsp3) is 0.381. The molecule has 2 heterocycles. The van der Waals surface area contributed by atoms with Crippen molar-refractivity contribution in [2.75, 3.05) is 19.0 Å². The van der Waals surface area contributed by atoms with Crippen LogP contribution in [0.25, 0.3) is 11.0 Å². The summed E-state index contributed by atoms with van der Waals surface area (Å²) in [5.74, 6) is -0.464. The van der Waals surface area contributed by atoms with Crippen LogP contribution in [0.1, 0.15) is 47.8 Å². The summed E-state index contributed by atoms with van der Waals surface area (Å²) in [6, 6.07) is 9.33. The van der Waals surface area contributed by atoms with Crippen LogP contribution in [-0.2, 0) is 20.9 Å². The van der Waals surface area contributed by atoms with Crippen molar-refractivity contribution >= 4 is 28.7 Å². The second-order valence-electron chi connectivity index (χ2n) is 7.06. The largest absolute Gasteiger partial charge is 0.450 e. The first kappa shape index (κ1) is 19.2. The lowest BCUT2D eigenvalue weighted by molar-refractivity contribution is -0.119. The van der Waals surface area contributed by atoms with Crippen LogP contribution in [0.3, 0.4) is 0 Å². The quantitative estimate of drug-likeness (QED) is 0.611. The molecule has 1 N–H and O–H groups in total. The van der Waals surface area contributed by atoms with Crippen molar-refractivity contribution in [3.05, 3.63) is 47.9 Å². The zero-order valence-corrected chi connectivity index (χ0v) is 16.2. The highest BCUT2D eigenvalue weighted by Gasteiger charge is 2.24. The lowest BCUT2D eigenvalue weighted by Crippen LogP contribution is -2.23. The third kappa shape index (κ3) is 4.02. The highest BCUT2D eigenvalue weighted by molar-refractivity contribution is 5.98. The lowest BCUT2D eigenvalue weighted by atomic mass is 10.1. The molecule has 8 heteroatoms. The molecule has 2 aromatic heterocycles. The number of fused-ring (bicyclic) bond motifs is 1. The van der Waals surface area contributed by atoms with Crippen molar-refractivity contribution < 1.29 is 23.5 Å². The first-order chi connectivity index (χ1) is 14.2. The van der Waals surface area contributed by atoms with Crippen LogP contribution in [0, 0.1) is 0 Å². The number of rotatable bonds is 7. The topological polar surface area (TPSA) is 95.6 Å². The number of nitrogens with one attached hydrogen (secondary N) is 1. The number of furan rings is 1. The number of ether oxygens (including phenoxy) is 2. The van der Waals surface area contributed by atoms with Gasteiger partial charge in [0.15, 0.2) is 6.61 Å². The standard InChI is InChI=1S/C21H23N3O5/c1-27-12-16-15-8-4-5-9-17(15)29-20(16)21(26)28-13-19(25)23-18-10-11-22-24(18)14-6-2-3-7-14/h4-5,8-11,14H,2-3,6-7,12-13H2,1H3,(H,23,25). The third-order valence-corrected chi connectivity index (χ3v) is 5.12. The Morgan fingerprint density at radius 2 is 2.03 bits per heavy atom. The van der Waals surface area contributed by atoms with E-state index in [1.807, 2.05) is 22.9 Å². The van der Waals surface area contributed by atoms with Gasteiger partial charge in [-0.05, 0) is 18.9 Å². The fourth-order valence-electron chi connectivity index (χ4n) is 3.78. The van der Waals surface area contributed by atoms with Crippen molar-refractivity contribution in [3.8, 4) is 0 Å². The summed E-state index contributed by atoms with van der Waals surface area (Å²) >= 11 is 0. The Hall–Kier alpha value is -3.13. The Bertz CT molecular complexity index is 1020. The zero-order valence-electron chi connectivity index (χ0n) is 16.2. The maximum absolute atomic E-state index is 12.5. The number of nitrogens with zero attached hydrogens (tertiary/aromatic N) is 2. The van der Waals surface area contributed by atoms with Gasteiger partial charge >= 0.3 is 5.97 Å². The predicted octanol–water partition coefficient (Wildman–Crippen LogP) is 3.69. The number of esters is 1. The van der Waals surface area contributed by atoms with Gasteiger partial charge in [0.05, 0.1) is 18.8 Å². The molecule has 0 saturated heterocycles. The van der Waals surface area contributed by atoms with Gasteiger partial charge in [0.1, 0.15) is 11.4 Å². The Balaban J connectivity index is 1.41. The van der Waals surface area contributed by atoms with E-state index in [0.717, 1.165) is 31.1 Å². The van der Waals surface area contributed by atoms with E-state index in [9.17, 15) is 9.59 Å². The van der Waals surface area contributed by atoms with Crippen molar-refractivity contribution in [1.82, 2.24) is 9.78 Å². The maximum Gasteiger partial charge on any atom is 0.375 e. The summed E-state index contributed by atoms with van der Waals surface area (Å²) < 4.78 is 17.9. The minimum atomic E-state index is -0.701. The summed E-state index contributed by atoms with van der Waals surface area (Å²) in [6.45, 7) is -0.216. The van der Waals surface area contributed by atoms with Crippen LogP contribution in [-0.4, -0.2) is 35.4 Å². The summed E-state index contributed by atoms with van der Waals surface area (Å²) in [5.41, 5.74) is 1.17. The molecule has 1 aromatic carbocycles. The molecule has 0 spiro atoms. The number of anilines is 1. The van der Waals surface area contributed by atoms with Gasteiger partial charge in [-0.2, -0.15) is 5.10 Å². The number of hydrogen-bond acceptors (Lipinski definition) is 6. The van der Waals surface area contributed by atoms with Crippen LogP contribution in [0.4, 0.5) is 5.82 Å². The van der Waals surface area contributed by atoms with Gasteiger partial charge in [-0.3, -0.25) is 4.79 Å². The van der Waals surface area contributed by atoms with Crippen molar-refractivity contribution in [3.63, 3.8) is 0 Å². The molecule has 29 heavy (non-hydrogen) atoms. The third-order valence-electron chi connectivity index (χ3n) is 5.12. The van der Waals surface area contributed by atoms with E-state index >= 15 is 0 Å². The zero-order chi connectivity index (χ0) is 20.2. The molecular weight excluding hydrogens is 374 g/mol. The summed E-state index contributed by atoms with van der Waals surface area (Å²) in [5, 5.41) is 7.87. The van der Waals surface area contributed by atoms with Gasteiger partial charge in [0.2, 0.25) is 5.76 Å². The molecule has 0 bridgehead atoms. The molecule has 1 aliphatic rings. The monoisotopic (exact) mass is 397 g/mol. The van der Waals surface area contributed by atoms with Gasteiger partial charge in [-0.15, -0.1) is 0 Å². The number of amides is 1. The van der Waals surface area contributed by atoms with E-state index in [1.54, 1.807) is 18.3 Å². The molecule has 3 aromatic rings. The van der Waals surface area contributed by atoms with E-state index in [1.165, 1.54) is 7.11 Å². The highest BCUT2D eigenvalue weighted by Crippen LogP contribution is 2.31. The number of methoxy groups -OCH3 is 1. The molecule has 0 aliphatic heterocycles. The molecular formula is C21H23N3O5. The summed E-state index contributed by atoms with van der Waals surface area (Å²) in [6.07, 6.45) is 6.08. The molecule has 1 fully saturated rings. The van der Waals surface area contributed by atoms with Crippen LogP contribution < -0.4 is 5.32 Å². The predicted molar refractivity (Wildman–Crippen MR) is 106 cm³/mol. The van der Waals surface area contributed by atoms with E-state index in [2.05, 4.69) is 10.4 Å². The highest BCUT2D eigenvalue weighted by atomic mass is 16.5. The van der Waals surface area contributed by atoms with Crippen LogP contribution in [0.2, 0.25) is 0 Å². The molecule has 152 valence electrons. The second-order valence-corrected chi connectivity index (χ2v) is 7.06. The van der Waals surface area contributed by atoms with Gasteiger partial charge in [0, 0.05) is 24.1 Å². The van der Waals surface area contributed by atoms with E-state index in [4.69, 9.17) is 13.9 Å². The van der Waals surface area contributed by atoms with E-state index < -0.39 is 18.5 Å². The molecule has 0 radical (unpaired) electrons. The van der Waals surface area contributed by atoms with Crippen LogP contribution in [0.5, 0.6) is 0 Å². The Kier molecular flexibility index (Phi) is 5.62. The van der Waals surface area contributed by atoms with Crippen LogP contribution in [0.15, 0.2) is 40.9 Å². The number of para-hydroxylation sites is 1. The number of carbonyl (C=O) groups excluding carboxylic acids is 2. The molecule has 4 rings (SSSR count). The second kappa shape index (κ2) is 8.48. The van der Waals surface area contributed by atoms with Crippen molar-refractivity contribution in [2.45, 2.75) is 38.3 Å². The minimum absolute atomic E-state index is 0.0526. The fourth-order valence-corrected chi connectivity index (χ4v) is 3.78. The van der Waals surface area contributed by atoms with Gasteiger partial charge in [-0.1, -0.05) is 31.0 Å². The Morgan fingerprint density at radius 3 is 2.83 bits per heavy atom. The SMILES string of the molecule is COCc1c(C(=O)OCC(=O)Nc2ccnn2C2CCCC2)oc2ccccc12. The average molecular weight is 397 g/mol. The first-order valence-electron chi connectivity index (χ1n) is 9.67. The average Bonchev–Trinajstić information content (AvgIpc) is 3.46. The first-order valence-corrected chi connectivity index (χ1v) is 9.67. The van der Waals surface area contributed by atoms with Crippen molar-refractivity contribution in [1.29, 1.82) is 0 Å². The molecule has 1 amide bonds. The van der Waals surface area contributed by atoms with Gasteiger partial charge in [-0.25, -0.2) is 9.48 Å². The van der Waals surface area contributed by atoms with Crippen molar-refractivity contribution in [2.24, 2.45) is 0 Å². The number of hydrogen-bond donors (Lipinski definition) is 1. The van der Waals surface area contributed by atoms with Gasteiger partial charge in [0.25, 0.3) is 5.91 Å². The van der Waals surface area contributed by atoms with E-state index in [-0.39, 0.29) is 12.4 Å². The molecule has 1 aliphatic carbocycles. The lowest BCUT2D eigenvalue weighted by Gasteiger charge is -2.14. The smallest absolute Gasteiger partial charge is 0.375 e. The summed E-state index contributed by atoms with van der Waals surface area (Å²) in [4.78, 5) is 24.8. The van der Waals surface area contributed by atoms with Gasteiger partial charge < -0.3 is 19.2 Å².